The first-order chi connectivity index (χ1) is 9.22. The van der Waals surface area contributed by atoms with Gasteiger partial charge in [0.25, 0.3) is 0 Å². The SMILES string of the molecule is CCCCOc1ccc(C(=O)c2ccsc2C)cc1. The normalized spacial score (nSPS) is 10.4. The summed E-state index contributed by atoms with van der Waals surface area (Å²) in [6.45, 7) is 4.84. The zero-order chi connectivity index (χ0) is 13.7. The van der Waals surface area contributed by atoms with E-state index >= 15 is 0 Å². The van der Waals surface area contributed by atoms with Gasteiger partial charge in [-0.05, 0) is 49.1 Å². The van der Waals surface area contributed by atoms with Gasteiger partial charge in [0.2, 0.25) is 0 Å². The average molecular weight is 274 g/mol. The molecular formula is C16H18O2S. The Hall–Kier alpha value is -1.61. The van der Waals surface area contributed by atoms with Gasteiger partial charge in [-0.2, -0.15) is 0 Å². The smallest absolute Gasteiger partial charge is 0.194 e. The van der Waals surface area contributed by atoms with Crippen molar-refractivity contribution in [3.05, 3.63) is 51.7 Å². The van der Waals surface area contributed by atoms with Crippen LogP contribution in [0, 0.1) is 6.92 Å². The highest BCUT2D eigenvalue weighted by Crippen LogP contribution is 2.20. The number of benzene rings is 1. The van der Waals surface area contributed by atoms with Gasteiger partial charge in [-0.25, -0.2) is 0 Å². The van der Waals surface area contributed by atoms with Crippen LogP contribution >= 0.6 is 11.3 Å². The maximum absolute atomic E-state index is 12.3. The van der Waals surface area contributed by atoms with E-state index in [1.165, 1.54) is 0 Å². The number of carbonyl (C=O) groups is 1. The number of rotatable bonds is 6. The van der Waals surface area contributed by atoms with Gasteiger partial charge in [0, 0.05) is 16.0 Å². The molecule has 0 saturated heterocycles. The van der Waals surface area contributed by atoms with E-state index < -0.39 is 0 Å². The van der Waals surface area contributed by atoms with Crippen molar-refractivity contribution in [3.63, 3.8) is 0 Å². The van der Waals surface area contributed by atoms with Crippen molar-refractivity contribution in [2.45, 2.75) is 26.7 Å². The Kier molecular flexibility index (Phi) is 4.74. The van der Waals surface area contributed by atoms with Crippen LogP contribution in [-0.4, -0.2) is 12.4 Å². The molecule has 0 N–H and O–H groups in total. The lowest BCUT2D eigenvalue weighted by molar-refractivity contribution is 0.103. The average Bonchev–Trinajstić information content (AvgIpc) is 2.85. The molecule has 0 unspecified atom stereocenters. The molecule has 2 rings (SSSR count). The molecule has 19 heavy (non-hydrogen) atoms. The second kappa shape index (κ2) is 6.53. The van der Waals surface area contributed by atoms with E-state index in [0.717, 1.165) is 35.6 Å². The van der Waals surface area contributed by atoms with Gasteiger partial charge < -0.3 is 4.74 Å². The first kappa shape index (κ1) is 13.8. The van der Waals surface area contributed by atoms with Crippen LogP contribution in [0.15, 0.2) is 35.7 Å². The van der Waals surface area contributed by atoms with E-state index in [9.17, 15) is 4.79 Å². The minimum Gasteiger partial charge on any atom is -0.494 e. The highest BCUT2D eigenvalue weighted by atomic mass is 32.1. The van der Waals surface area contributed by atoms with Gasteiger partial charge in [0.1, 0.15) is 5.75 Å². The number of hydrogen-bond donors (Lipinski definition) is 0. The number of carbonyl (C=O) groups excluding carboxylic acids is 1. The molecule has 0 radical (unpaired) electrons. The molecular weight excluding hydrogens is 256 g/mol. The molecule has 3 heteroatoms. The van der Waals surface area contributed by atoms with Crippen LogP contribution in [0.2, 0.25) is 0 Å². The summed E-state index contributed by atoms with van der Waals surface area (Å²) in [5.41, 5.74) is 1.51. The van der Waals surface area contributed by atoms with Crippen molar-refractivity contribution < 1.29 is 9.53 Å². The number of ketones is 1. The third-order valence-electron chi connectivity index (χ3n) is 2.99. The molecule has 0 aliphatic carbocycles. The topological polar surface area (TPSA) is 26.3 Å². The van der Waals surface area contributed by atoms with Gasteiger partial charge in [-0.1, -0.05) is 13.3 Å². The van der Waals surface area contributed by atoms with Crippen LogP contribution in [0.25, 0.3) is 0 Å². The Balaban J connectivity index is 2.06. The molecule has 0 saturated carbocycles. The summed E-state index contributed by atoms with van der Waals surface area (Å²) < 4.78 is 5.59. The van der Waals surface area contributed by atoms with Crippen molar-refractivity contribution >= 4 is 17.1 Å². The summed E-state index contributed by atoms with van der Waals surface area (Å²) >= 11 is 1.60. The Morgan fingerprint density at radius 2 is 1.95 bits per heavy atom. The van der Waals surface area contributed by atoms with Gasteiger partial charge >= 0.3 is 0 Å². The first-order valence-electron chi connectivity index (χ1n) is 6.54. The Morgan fingerprint density at radius 3 is 2.53 bits per heavy atom. The lowest BCUT2D eigenvalue weighted by atomic mass is 10.0. The Labute approximate surface area is 118 Å². The van der Waals surface area contributed by atoms with Crippen molar-refractivity contribution in [3.8, 4) is 5.75 Å². The number of ether oxygens (including phenoxy) is 1. The minimum atomic E-state index is 0.0823. The van der Waals surface area contributed by atoms with Crippen LogP contribution in [0.1, 0.15) is 40.6 Å². The van der Waals surface area contributed by atoms with E-state index in [4.69, 9.17) is 4.74 Å². The zero-order valence-electron chi connectivity index (χ0n) is 11.3. The fraction of sp³-hybridized carbons (Fsp3) is 0.312. The summed E-state index contributed by atoms with van der Waals surface area (Å²) in [5, 5.41) is 1.95. The van der Waals surface area contributed by atoms with Crippen molar-refractivity contribution in [1.29, 1.82) is 0 Å². The fourth-order valence-electron chi connectivity index (χ4n) is 1.81. The molecule has 1 aromatic carbocycles. The molecule has 0 atom stereocenters. The van der Waals surface area contributed by atoms with Crippen LogP contribution in [-0.2, 0) is 0 Å². The molecule has 0 spiro atoms. The summed E-state index contributed by atoms with van der Waals surface area (Å²) in [6.07, 6.45) is 2.17. The molecule has 0 amide bonds. The van der Waals surface area contributed by atoms with Crippen molar-refractivity contribution in [2.24, 2.45) is 0 Å². The van der Waals surface area contributed by atoms with Gasteiger partial charge in [-0.3, -0.25) is 4.79 Å². The fourth-order valence-corrected chi connectivity index (χ4v) is 2.51. The van der Waals surface area contributed by atoms with Crippen LogP contribution in [0.5, 0.6) is 5.75 Å². The number of unbranched alkanes of at least 4 members (excludes halogenated alkanes) is 1. The van der Waals surface area contributed by atoms with Crippen LogP contribution < -0.4 is 4.74 Å². The summed E-state index contributed by atoms with van der Waals surface area (Å²) in [6, 6.07) is 9.28. The number of hydrogen-bond acceptors (Lipinski definition) is 3. The predicted octanol–water partition coefficient (Wildman–Crippen LogP) is 4.47. The summed E-state index contributed by atoms with van der Waals surface area (Å²) in [7, 11) is 0. The van der Waals surface area contributed by atoms with E-state index in [1.54, 1.807) is 11.3 Å². The third kappa shape index (κ3) is 3.44. The second-order valence-corrected chi connectivity index (χ2v) is 5.57. The van der Waals surface area contributed by atoms with Crippen molar-refractivity contribution in [1.82, 2.24) is 0 Å². The zero-order valence-corrected chi connectivity index (χ0v) is 12.1. The van der Waals surface area contributed by atoms with Gasteiger partial charge in [0.15, 0.2) is 5.78 Å². The Morgan fingerprint density at radius 1 is 1.21 bits per heavy atom. The maximum atomic E-state index is 12.3. The van der Waals surface area contributed by atoms with E-state index in [1.807, 2.05) is 42.6 Å². The van der Waals surface area contributed by atoms with Gasteiger partial charge in [-0.15, -0.1) is 11.3 Å². The minimum absolute atomic E-state index is 0.0823. The molecule has 0 aliphatic rings. The lowest BCUT2D eigenvalue weighted by Crippen LogP contribution is -2.02. The number of thiophene rings is 1. The molecule has 1 heterocycles. The second-order valence-electron chi connectivity index (χ2n) is 4.45. The van der Waals surface area contributed by atoms with Crippen molar-refractivity contribution in [2.75, 3.05) is 6.61 Å². The maximum Gasteiger partial charge on any atom is 0.194 e. The molecule has 2 aromatic rings. The largest absolute Gasteiger partial charge is 0.494 e. The highest BCUT2D eigenvalue weighted by Gasteiger charge is 2.12. The van der Waals surface area contributed by atoms with Crippen LogP contribution in [0.4, 0.5) is 0 Å². The first-order valence-corrected chi connectivity index (χ1v) is 7.42. The third-order valence-corrected chi connectivity index (χ3v) is 3.83. The molecule has 0 bridgehead atoms. The predicted molar refractivity (Wildman–Crippen MR) is 79.3 cm³/mol. The molecule has 0 aliphatic heterocycles. The highest BCUT2D eigenvalue weighted by molar-refractivity contribution is 7.10. The van der Waals surface area contributed by atoms with E-state index in [-0.39, 0.29) is 5.78 Å². The summed E-state index contributed by atoms with van der Waals surface area (Å²) in [5.74, 6) is 0.908. The molecule has 100 valence electrons. The lowest BCUT2D eigenvalue weighted by Gasteiger charge is -2.06. The molecule has 2 nitrogen and oxygen atoms in total. The molecule has 1 aromatic heterocycles. The Bertz CT molecular complexity index is 540. The quantitative estimate of drug-likeness (QED) is 0.574. The van der Waals surface area contributed by atoms with E-state index in [0.29, 0.717) is 5.56 Å². The monoisotopic (exact) mass is 274 g/mol. The number of aryl methyl sites for hydroxylation is 1. The van der Waals surface area contributed by atoms with Crippen LogP contribution in [0.3, 0.4) is 0 Å². The van der Waals surface area contributed by atoms with E-state index in [2.05, 4.69) is 6.92 Å². The summed E-state index contributed by atoms with van der Waals surface area (Å²) in [4.78, 5) is 13.3. The molecule has 0 fully saturated rings. The van der Waals surface area contributed by atoms with Gasteiger partial charge in [0.05, 0.1) is 6.61 Å². The standard InChI is InChI=1S/C16H18O2S/c1-3-4-10-18-14-7-5-13(6-8-14)16(17)15-9-11-19-12(15)2/h5-9,11H,3-4,10H2,1-2H3.